The molecule has 1 unspecified atom stereocenters. The number of fused-ring (bicyclic) bond motifs is 3. The van der Waals surface area contributed by atoms with E-state index in [1.807, 2.05) is 18.7 Å². The number of benzene rings is 2. The SMILES string of the molecule is CCc1c(F)ccc2cc(O)cc(C3NC=c4c(N5CCC[C@@](C)(O)C5)nc(OC[C@]56CCC[C@H]5N(C5CCOCC5)CCC6)nc4=C3F)c12. The molecule has 0 radical (unpaired) electrons. The molecule has 3 saturated heterocycles. The Balaban J connectivity index is 1.20. The fourth-order valence-electron chi connectivity index (χ4n) is 9.77. The summed E-state index contributed by atoms with van der Waals surface area (Å²) < 4.78 is 44.5. The van der Waals surface area contributed by atoms with Crippen molar-refractivity contribution in [3.05, 3.63) is 51.8 Å². The van der Waals surface area contributed by atoms with Crippen LogP contribution in [0.15, 0.2) is 24.3 Å². The molecule has 1 saturated carbocycles. The lowest BCUT2D eigenvalue weighted by Crippen LogP contribution is -2.56. The number of ether oxygens (including phenoxy) is 2. The molecule has 0 bridgehead atoms. The number of aliphatic hydroxyl groups is 1. The van der Waals surface area contributed by atoms with Gasteiger partial charge in [-0.2, -0.15) is 9.97 Å². The Morgan fingerprint density at radius 2 is 1.84 bits per heavy atom. The van der Waals surface area contributed by atoms with Crippen LogP contribution in [-0.2, 0) is 11.2 Å². The fraction of sp³-hybridized carbons (Fsp3) is 0.590. The lowest BCUT2D eigenvalue weighted by atomic mass is 9.74. The molecule has 4 fully saturated rings. The summed E-state index contributed by atoms with van der Waals surface area (Å²) in [6.45, 7) is 7.87. The molecule has 0 spiro atoms. The number of anilines is 1. The van der Waals surface area contributed by atoms with Crippen LogP contribution in [0, 0.1) is 11.2 Å². The van der Waals surface area contributed by atoms with E-state index >= 15 is 8.78 Å². The number of nitrogens with one attached hydrogen (secondary N) is 1. The Labute approximate surface area is 292 Å². The first kappa shape index (κ1) is 33.6. The van der Waals surface area contributed by atoms with Gasteiger partial charge in [0, 0.05) is 50.0 Å². The molecule has 5 heterocycles. The number of phenols is 1. The molecule has 4 atom stereocenters. The lowest BCUT2D eigenvalue weighted by Gasteiger charge is -2.50. The number of rotatable bonds is 7. The molecule has 1 aromatic heterocycles. The third kappa shape index (κ3) is 5.98. The van der Waals surface area contributed by atoms with Gasteiger partial charge in [0.15, 0.2) is 5.83 Å². The average Bonchev–Trinajstić information content (AvgIpc) is 3.55. The predicted molar refractivity (Wildman–Crippen MR) is 189 cm³/mol. The summed E-state index contributed by atoms with van der Waals surface area (Å²) in [5, 5.41) is 26.7. The molecule has 268 valence electrons. The molecular formula is C39H49F2N5O4. The Hall–Kier alpha value is -3.54. The maximum absolute atomic E-state index is 17.1. The highest BCUT2D eigenvalue weighted by molar-refractivity contribution is 5.92. The maximum Gasteiger partial charge on any atom is 0.319 e. The fourth-order valence-corrected chi connectivity index (χ4v) is 9.77. The van der Waals surface area contributed by atoms with Crippen LogP contribution in [0.1, 0.15) is 88.8 Å². The first-order chi connectivity index (χ1) is 24.2. The van der Waals surface area contributed by atoms with Crippen molar-refractivity contribution in [3.63, 3.8) is 0 Å². The number of halogens is 2. The van der Waals surface area contributed by atoms with Gasteiger partial charge in [0.25, 0.3) is 0 Å². The second kappa shape index (κ2) is 13.2. The number of piperidine rings is 2. The molecule has 9 nitrogen and oxygen atoms in total. The Bertz CT molecular complexity index is 1900. The van der Waals surface area contributed by atoms with Crippen LogP contribution in [0.25, 0.3) is 22.8 Å². The summed E-state index contributed by atoms with van der Waals surface area (Å²) in [4.78, 5) is 14.4. The predicted octanol–water partition coefficient (Wildman–Crippen LogP) is 4.74. The highest BCUT2D eigenvalue weighted by Gasteiger charge is 2.50. The van der Waals surface area contributed by atoms with Crippen molar-refractivity contribution in [1.29, 1.82) is 0 Å². The van der Waals surface area contributed by atoms with E-state index in [4.69, 9.17) is 19.4 Å². The van der Waals surface area contributed by atoms with Crippen LogP contribution in [0.2, 0.25) is 0 Å². The summed E-state index contributed by atoms with van der Waals surface area (Å²) >= 11 is 0. The molecule has 5 aliphatic rings. The molecule has 11 heteroatoms. The van der Waals surface area contributed by atoms with Crippen LogP contribution >= 0.6 is 0 Å². The number of likely N-dealkylation sites (tertiary alicyclic amines) is 1. The Morgan fingerprint density at radius 3 is 2.64 bits per heavy atom. The van der Waals surface area contributed by atoms with Crippen molar-refractivity contribution in [2.24, 2.45) is 5.41 Å². The third-order valence-electron chi connectivity index (χ3n) is 12.1. The smallest absolute Gasteiger partial charge is 0.319 e. The van der Waals surface area contributed by atoms with E-state index in [0.29, 0.717) is 77.6 Å². The molecule has 3 N–H and O–H groups in total. The van der Waals surface area contributed by atoms with E-state index in [1.165, 1.54) is 12.1 Å². The van der Waals surface area contributed by atoms with Crippen molar-refractivity contribution in [3.8, 4) is 11.8 Å². The van der Waals surface area contributed by atoms with Gasteiger partial charge in [0.1, 0.15) is 28.8 Å². The summed E-state index contributed by atoms with van der Waals surface area (Å²) in [6.07, 6.45) is 11.2. The van der Waals surface area contributed by atoms with Gasteiger partial charge in [-0.15, -0.1) is 0 Å². The number of aromatic nitrogens is 2. The van der Waals surface area contributed by atoms with Crippen molar-refractivity contribution < 1.29 is 28.5 Å². The molecule has 0 amide bonds. The minimum absolute atomic E-state index is 0.0235. The Kier molecular flexibility index (Phi) is 8.88. The number of β-amino-alcohol motifs (C(OH)–C–C–N with tert-alkyl or cyclic N) is 1. The number of hydrogen-bond donors (Lipinski definition) is 3. The number of hydrogen-bond acceptors (Lipinski definition) is 9. The first-order valence-electron chi connectivity index (χ1n) is 18.6. The summed E-state index contributed by atoms with van der Waals surface area (Å²) in [7, 11) is 0. The first-order valence-corrected chi connectivity index (χ1v) is 18.6. The van der Waals surface area contributed by atoms with Crippen molar-refractivity contribution >= 4 is 28.6 Å². The molecule has 3 aromatic rings. The van der Waals surface area contributed by atoms with E-state index in [2.05, 4.69) is 10.2 Å². The zero-order chi connectivity index (χ0) is 34.6. The Morgan fingerprint density at radius 1 is 1.04 bits per heavy atom. The maximum atomic E-state index is 17.1. The zero-order valence-electron chi connectivity index (χ0n) is 29.2. The quantitative estimate of drug-likeness (QED) is 0.325. The summed E-state index contributed by atoms with van der Waals surface area (Å²) in [5.74, 6) is -0.442. The van der Waals surface area contributed by atoms with Crippen LogP contribution in [0.5, 0.6) is 11.8 Å². The van der Waals surface area contributed by atoms with Gasteiger partial charge in [-0.3, -0.25) is 4.90 Å². The number of phenolic OH excluding ortho intramolecular Hbond substituents is 1. The summed E-state index contributed by atoms with van der Waals surface area (Å²) in [5.41, 5.74) is -0.0443. The van der Waals surface area contributed by atoms with Crippen molar-refractivity contribution in [2.45, 2.75) is 102 Å². The largest absolute Gasteiger partial charge is 0.508 e. The molecule has 8 rings (SSSR count). The van der Waals surface area contributed by atoms with Gasteiger partial charge >= 0.3 is 6.01 Å². The highest BCUT2D eigenvalue weighted by atomic mass is 19.1. The topological polar surface area (TPSA) is 103 Å². The van der Waals surface area contributed by atoms with Crippen LogP contribution in [0.4, 0.5) is 14.6 Å². The van der Waals surface area contributed by atoms with E-state index < -0.39 is 17.5 Å². The van der Waals surface area contributed by atoms with Crippen LogP contribution < -0.4 is 25.5 Å². The zero-order valence-corrected chi connectivity index (χ0v) is 29.2. The van der Waals surface area contributed by atoms with Crippen LogP contribution in [-0.4, -0.2) is 82.2 Å². The molecule has 2 aromatic carbocycles. The van der Waals surface area contributed by atoms with E-state index in [9.17, 15) is 10.2 Å². The third-order valence-corrected chi connectivity index (χ3v) is 12.1. The molecule has 50 heavy (non-hydrogen) atoms. The van der Waals surface area contributed by atoms with E-state index in [-0.39, 0.29) is 28.3 Å². The average molecular weight is 690 g/mol. The van der Waals surface area contributed by atoms with Gasteiger partial charge in [0.05, 0.1) is 17.4 Å². The van der Waals surface area contributed by atoms with Crippen molar-refractivity contribution in [2.75, 3.05) is 44.4 Å². The normalized spacial score (nSPS) is 29.0. The number of nitrogens with zero attached hydrogens (tertiary/aromatic N) is 4. The monoisotopic (exact) mass is 689 g/mol. The minimum Gasteiger partial charge on any atom is -0.508 e. The number of aryl methyl sites for hydroxylation is 1. The molecular weight excluding hydrogens is 640 g/mol. The van der Waals surface area contributed by atoms with Gasteiger partial charge in [-0.05, 0) is 111 Å². The van der Waals surface area contributed by atoms with Gasteiger partial charge in [-0.1, -0.05) is 19.4 Å². The van der Waals surface area contributed by atoms with Gasteiger partial charge < -0.3 is 29.9 Å². The highest BCUT2D eigenvalue weighted by Crippen LogP contribution is 2.49. The minimum atomic E-state index is -1.02. The molecule has 1 aliphatic carbocycles. The number of aromatic hydroxyl groups is 1. The summed E-state index contributed by atoms with van der Waals surface area (Å²) in [6, 6.07) is 6.14. The van der Waals surface area contributed by atoms with E-state index in [1.54, 1.807) is 18.3 Å². The van der Waals surface area contributed by atoms with Gasteiger partial charge in [-0.25, -0.2) is 8.78 Å². The molecule has 4 aliphatic heterocycles. The van der Waals surface area contributed by atoms with Crippen molar-refractivity contribution in [1.82, 2.24) is 20.2 Å². The lowest BCUT2D eigenvalue weighted by molar-refractivity contribution is -0.0512. The van der Waals surface area contributed by atoms with Gasteiger partial charge in [0.2, 0.25) is 0 Å². The van der Waals surface area contributed by atoms with E-state index in [0.717, 1.165) is 71.1 Å². The second-order valence-electron chi connectivity index (χ2n) is 15.5. The van der Waals surface area contributed by atoms with Crippen LogP contribution in [0.3, 0.4) is 0 Å². The second-order valence-corrected chi connectivity index (χ2v) is 15.5. The standard InChI is InChI=1S/C39H49F2N5O4/c1-3-27-30(40)9-8-24-19-26(47)20-28(32(24)27)34-33(41)35-29(21-42-34)36(45-15-5-12-38(2,48)22-45)44-37(43-35)50-23-39-13-4-7-31(39)46(16-6-14-39)25-10-17-49-18-11-25/h8-9,19-21,25,31,34,42,47-48H,3-7,10-18,22-23H2,1-2H3/t31-,34?,38-,39-/m1/s1.